The predicted octanol–water partition coefficient (Wildman–Crippen LogP) is 8.34. The molecule has 0 radical (unpaired) electrons. The van der Waals surface area contributed by atoms with Gasteiger partial charge < -0.3 is 17.3 Å². The van der Waals surface area contributed by atoms with Gasteiger partial charge >= 0.3 is 7.25 Å². The maximum absolute atomic E-state index is 9.75. The van der Waals surface area contributed by atoms with Gasteiger partial charge in [0.15, 0.2) is 11.7 Å². The van der Waals surface area contributed by atoms with E-state index >= 15 is 0 Å². The van der Waals surface area contributed by atoms with Crippen LogP contribution in [0.3, 0.4) is 0 Å². The van der Waals surface area contributed by atoms with Gasteiger partial charge in [-0.15, -0.1) is 0 Å². The number of pyridine rings is 1. The zero-order chi connectivity index (χ0) is 24.7. The summed E-state index contributed by atoms with van der Waals surface area (Å²) in [7, 11) is -6.00. The molecule has 1 aromatic heterocycles. The van der Waals surface area contributed by atoms with E-state index < -0.39 is 7.25 Å². The molecule has 6 heteroatoms. The standard InChI is InChI=1S/C28H28N.BF4/c1-21(2)27-19-26(24-15-9-5-10-16-24)20-28(25-17-11-6-12-18-25)29(27)22(3)23-13-7-4-8-14-23;2-1(3,4)5/h4-22H,1-3H3;/q+1;-1. The first-order chi connectivity index (χ1) is 16.1. The summed E-state index contributed by atoms with van der Waals surface area (Å²) >= 11 is 0. The molecule has 0 aliphatic heterocycles. The second-order valence-electron chi connectivity index (χ2n) is 8.39. The van der Waals surface area contributed by atoms with Crippen LogP contribution in [-0.2, 0) is 0 Å². The number of nitrogens with zero attached hydrogens (tertiary/aromatic N) is 1. The summed E-state index contributed by atoms with van der Waals surface area (Å²) in [5.41, 5.74) is 7.70. The van der Waals surface area contributed by atoms with E-state index in [1.807, 2.05) is 0 Å². The Balaban J connectivity index is 0.000000588. The van der Waals surface area contributed by atoms with Crippen LogP contribution in [0.5, 0.6) is 0 Å². The molecule has 0 spiro atoms. The Morgan fingerprint density at radius 1 is 0.588 bits per heavy atom. The molecule has 1 heterocycles. The molecule has 4 rings (SSSR count). The third-order valence-electron chi connectivity index (χ3n) is 5.57. The zero-order valence-electron chi connectivity index (χ0n) is 19.5. The fourth-order valence-electron chi connectivity index (χ4n) is 4.01. The topological polar surface area (TPSA) is 3.88 Å². The van der Waals surface area contributed by atoms with E-state index in [-0.39, 0.29) is 6.04 Å². The van der Waals surface area contributed by atoms with Crippen LogP contribution >= 0.6 is 0 Å². The maximum atomic E-state index is 9.75. The van der Waals surface area contributed by atoms with Gasteiger partial charge in [0.05, 0.1) is 0 Å². The molecule has 0 bridgehead atoms. The van der Waals surface area contributed by atoms with Gasteiger partial charge in [-0.2, -0.15) is 4.57 Å². The summed E-state index contributed by atoms with van der Waals surface area (Å²) in [5, 5.41) is 0. The molecule has 0 saturated heterocycles. The first-order valence-corrected chi connectivity index (χ1v) is 11.3. The van der Waals surface area contributed by atoms with Crippen molar-refractivity contribution < 1.29 is 21.8 Å². The van der Waals surface area contributed by atoms with Crippen LogP contribution in [0.15, 0.2) is 103 Å². The molecule has 0 saturated carbocycles. The predicted molar refractivity (Wildman–Crippen MR) is 132 cm³/mol. The quantitative estimate of drug-likeness (QED) is 0.158. The van der Waals surface area contributed by atoms with E-state index in [4.69, 9.17) is 0 Å². The van der Waals surface area contributed by atoms with Crippen molar-refractivity contribution in [1.82, 2.24) is 0 Å². The fourth-order valence-corrected chi connectivity index (χ4v) is 4.01. The molecule has 3 aromatic carbocycles. The fraction of sp³-hybridized carbons (Fsp3) is 0.179. The Hall–Kier alpha value is -3.41. The highest BCUT2D eigenvalue weighted by Gasteiger charge is 2.28. The minimum absolute atomic E-state index is 0.244. The van der Waals surface area contributed by atoms with Gasteiger partial charge in [0.25, 0.3) is 0 Å². The summed E-state index contributed by atoms with van der Waals surface area (Å²) < 4.78 is 41.5. The molecule has 0 aliphatic rings. The molecule has 0 N–H and O–H groups in total. The minimum Gasteiger partial charge on any atom is -0.418 e. The van der Waals surface area contributed by atoms with Crippen molar-refractivity contribution >= 4 is 7.25 Å². The first kappa shape index (κ1) is 25.2. The van der Waals surface area contributed by atoms with E-state index in [0.717, 1.165) is 0 Å². The monoisotopic (exact) mass is 465 g/mol. The van der Waals surface area contributed by atoms with E-state index in [1.54, 1.807) is 0 Å². The van der Waals surface area contributed by atoms with Crippen molar-refractivity contribution in [2.24, 2.45) is 0 Å². The third-order valence-corrected chi connectivity index (χ3v) is 5.57. The average molecular weight is 465 g/mol. The van der Waals surface area contributed by atoms with E-state index in [2.05, 4.69) is 128 Å². The van der Waals surface area contributed by atoms with Gasteiger partial charge in [0, 0.05) is 36.1 Å². The molecule has 34 heavy (non-hydrogen) atoms. The van der Waals surface area contributed by atoms with Gasteiger partial charge in [-0.1, -0.05) is 92.7 Å². The Labute approximate surface area is 198 Å². The van der Waals surface area contributed by atoms with E-state index in [9.17, 15) is 17.3 Å². The number of hydrogen-bond acceptors (Lipinski definition) is 0. The van der Waals surface area contributed by atoms with Crippen LogP contribution in [0.4, 0.5) is 17.3 Å². The van der Waals surface area contributed by atoms with Gasteiger partial charge in [-0.05, 0) is 23.3 Å². The molecule has 0 amide bonds. The first-order valence-electron chi connectivity index (χ1n) is 11.3. The zero-order valence-corrected chi connectivity index (χ0v) is 19.5. The Bertz CT molecular complexity index is 1170. The number of benzene rings is 3. The summed E-state index contributed by atoms with van der Waals surface area (Å²) in [4.78, 5) is 0. The van der Waals surface area contributed by atoms with Crippen molar-refractivity contribution in [3.63, 3.8) is 0 Å². The Morgan fingerprint density at radius 3 is 1.50 bits per heavy atom. The van der Waals surface area contributed by atoms with Crippen molar-refractivity contribution in [2.75, 3.05) is 0 Å². The Morgan fingerprint density at radius 2 is 1.03 bits per heavy atom. The van der Waals surface area contributed by atoms with Gasteiger partial charge in [-0.3, -0.25) is 0 Å². The molecule has 0 fully saturated rings. The van der Waals surface area contributed by atoms with Gasteiger partial charge in [0.1, 0.15) is 0 Å². The number of rotatable bonds is 5. The number of aromatic nitrogens is 1. The van der Waals surface area contributed by atoms with Crippen molar-refractivity contribution in [2.45, 2.75) is 32.7 Å². The smallest absolute Gasteiger partial charge is 0.418 e. The van der Waals surface area contributed by atoms with Crippen LogP contribution in [0, 0.1) is 0 Å². The van der Waals surface area contributed by atoms with Gasteiger partial charge in [-0.25, -0.2) is 0 Å². The molecule has 176 valence electrons. The maximum Gasteiger partial charge on any atom is 0.673 e. The summed E-state index contributed by atoms with van der Waals surface area (Å²) in [6, 6.07) is 37.2. The minimum atomic E-state index is -6.00. The summed E-state index contributed by atoms with van der Waals surface area (Å²) in [6.07, 6.45) is 0. The second-order valence-corrected chi connectivity index (χ2v) is 8.39. The highest BCUT2D eigenvalue weighted by atomic mass is 19.5. The van der Waals surface area contributed by atoms with Crippen molar-refractivity contribution in [3.8, 4) is 22.4 Å². The second kappa shape index (κ2) is 11.1. The lowest BCUT2D eigenvalue weighted by atomic mass is 9.96. The molecule has 4 aromatic rings. The molecule has 0 aliphatic carbocycles. The normalized spacial score (nSPS) is 12.1. The van der Waals surface area contributed by atoms with Crippen LogP contribution in [0.25, 0.3) is 22.4 Å². The molecular weight excluding hydrogens is 437 g/mol. The van der Waals surface area contributed by atoms with Crippen LogP contribution < -0.4 is 4.57 Å². The largest absolute Gasteiger partial charge is 0.673 e. The third kappa shape index (κ3) is 6.80. The molecule has 1 unspecified atom stereocenters. The molecule has 1 nitrogen and oxygen atoms in total. The lowest BCUT2D eigenvalue weighted by molar-refractivity contribution is -0.708. The molecular formula is C28H28BF4N. The highest BCUT2D eigenvalue weighted by molar-refractivity contribution is 6.50. The van der Waals surface area contributed by atoms with Crippen LogP contribution in [0.2, 0.25) is 0 Å². The summed E-state index contributed by atoms with van der Waals surface area (Å²) in [6.45, 7) is 6.87. The van der Waals surface area contributed by atoms with Crippen LogP contribution in [0.1, 0.15) is 44.0 Å². The molecule has 1 atom stereocenters. The number of halogens is 4. The Kier molecular flexibility index (Phi) is 8.27. The average Bonchev–Trinajstić information content (AvgIpc) is 2.83. The van der Waals surface area contributed by atoms with Crippen LogP contribution in [-0.4, -0.2) is 7.25 Å². The van der Waals surface area contributed by atoms with E-state index in [0.29, 0.717) is 5.92 Å². The lowest BCUT2D eigenvalue weighted by Gasteiger charge is -2.19. The van der Waals surface area contributed by atoms with Crippen molar-refractivity contribution in [1.29, 1.82) is 0 Å². The van der Waals surface area contributed by atoms with Crippen molar-refractivity contribution in [3.05, 3.63) is 114 Å². The van der Waals surface area contributed by atoms with Gasteiger partial charge in [0.2, 0.25) is 5.69 Å². The number of hydrogen-bond donors (Lipinski definition) is 0. The highest BCUT2D eigenvalue weighted by Crippen LogP contribution is 2.30. The lowest BCUT2D eigenvalue weighted by Crippen LogP contribution is -2.45. The summed E-state index contributed by atoms with van der Waals surface area (Å²) in [5.74, 6) is 0.410. The van der Waals surface area contributed by atoms with E-state index in [1.165, 1.54) is 33.6 Å². The SMILES string of the molecule is CC(C)c1cc(-c2ccccc2)cc(-c2ccccc2)[n+]1C(C)c1ccccc1.F[B-](F)(F)F.